The van der Waals surface area contributed by atoms with Crippen molar-refractivity contribution in [3.63, 3.8) is 0 Å². The van der Waals surface area contributed by atoms with Gasteiger partial charge in [-0.15, -0.1) is 0 Å². The van der Waals surface area contributed by atoms with Crippen LogP contribution in [0.3, 0.4) is 0 Å². The van der Waals surface area contributed by atoms with E-state index in [1.807, 2.05) is 12.1 Å². The van der Waals surface area contributed by atoms with Crippen molar-refractivity contribution in [3.05, 3.63) is 52.7 Å². The van der Waals surface area contributed by atoms with Gasteiger partial charge in [0.2, 0.25) is 0 Å². The summed E-state index contributed by atoms with van der Waals surface area (Å²) >= 11 is 5.80. The maximum Gasteiger partial charge on any atom is 0.169 e. The van der Waals surface area contributed by atoms with Crippen LogP contribution >= 0.6 is 11.6 Å². The Bertz CT molecular complexity index is 679. The summed E-state index contributed by atoms with van der Waals surface area (Å²) in [5, 5.41) is 10.8. The predicted molar refractivity (Wildman–Crippen MR) is 74.1 cm³/mol. The SMILES string of the molecule is OC1c2cc[nH]c2N=CN1C#Cc1ccc(Cl)cc1. The number of benzene rings is 1. The van der Waals surface area contributed by atoms with Crippen molar-refractivity contribution >= 4 is 23.8 Å². The van der Waals surface area contributed by atoms with Gasteiger partial charge in [-0.05, 0) is 36.3 Å². The van der Waals surface area contributed by atoms with Crippen LogP contribution in [0.1, 0.15) is 17.4 Å². The second kappa shape index (κ2) is 4.81. The minimum atomic E-state index is -0.807. The molecule has 0 amide bonds. The van der Waals surface area contributed by atoms with Gasteiger partial charge in [0.05, 0.1) is 0 Å². The predicted octanol–water partition coefficient (Wildman–Crippen LogP) is 2.64. The Morgan fingerprint density at radius 3 is 2.84 bits per heavy atom. The summed E-state index contributed by atoms with van der Waals surface area (Å²) in [5.74, 6) is 3.61. The molecule has 1 aromatic carbocycles. The number of halogens is 1. The number of nitrogens with one attached hydrogen (secondary N) is 1. The van der Waals surface area contributed by atoms with Crippen molar-refractivity contribution in [2.75, 3.05) is 0 Å². The lowest BCUT2D eigenvalue weighted by atomic mass is 10.2. The number of nitrogens with zero attached hydrogens (tertiary/aromatic N) is 2. The third kappa shape index (κ3) is 2.34. The van der Waals surface area contributed by atoms with Gasteiger partial charge in [-0.1, -0.05) is 11.6 Å². The molecule has 1 aliphatic rings. The minimum absolute atomic E-state index is 0.664. The molecule has 0 fully saturated rings. The average Bonchev–Trinajstić information content (AvgIpc) is 2.89. The van der Waals surface area contributed by atoms with E-state index in [1.165, 1.54) is 11.2 Å². The largest absolute Gasteiger partial charge is 0.368 e. The van der Waals surface area contributed by atoms with E-state index in [2.05, 4.69) is 21.9 Å². The average molecular weight is 272 g/mol. The molecule has 1 aromatic heterocycles. The maximum atomic E-state index is 10.1. The Labute approximate surface area is 115 Å². The smallest absolute Gasteiger partial charge is 0.169 e. The van der Waals surface area contributed by atoms with Crippen molar-refractivity contribution in [1.82, 2.24) is 9.88 Å². The van der Waals surface area contributed by atoms with Gasteiger partial charge in [0.1, 0.15) is 12.2 Å². The first kappa shape index (κ1) is 11.8. The van der Waals surface area contributed by atoms with Crippen LogP contribution in [-0.2, 0) is 0 Å². The van der Waals surface area contributed by atoms with Crippen LogP contribution in [0, 0.1) is 12.0 Å². The fourth-order valence-electron chi connectivity index (χ4n) is 1.78. The van der Waals surface area contributed by atoms with Gasteiger partial charge in [0.25, 0.3) is 0 Å². The van der Waals surface area contributed by atoms with Crippen molar-refractivity contribution < 1.29 is 5.11 Å². The molecule has 0 aliphatic carbocycles. The molecule has 3 rings (SSSR count). The van der Waals surface area contributed by atoms with Crippen LogP contribution in [0.15, 0.2) is 41.5 Å². The number of hydrogen-bond donors (Lipinski definition) is 2. The van der Waals surface area contributed by atoms with Crippen LogP contribution in [0.5, 0.6) is 0 Å². The third-order valence-electron chi connectivity index (χ3n) is 2.78. The summed E-state index contributed by atoms with van der Waals surface area (Å²) < 4.78 is 0. The minimum Gasteiger partial charge on any atom is -0.368 e. The molecule has 0 radical (unpaired) electrons. The fourth-order valence-corrected chi connectivity index (χ4v) is 1.90. The lowest BCUT2D eigenvalue weighted by Crippen LogP contribution is -2.24. The third-order valence-corrected chi connectivity index (χ3v) is 3.03. The van der Waals surface area contributed by atoms with E-state index in [0.29, 0.717) is 16.4 Å². The van der Waals surface area contributed by atoms with Crippen LogP contribution < -0.4 is 0 Å². The summed E-state index contributed by atoms with van der Waals surface area (Å²) in [7, 11) is 0. The quantitative estimate of drug-likeness (QED) is 0.724. The number of hydrogen-bond acceptors (Lipinski definition) is 3. The van der Waals surface area contributed by atoms with Crippen molar-refractivity contribution in [2.24, 2.45) is 4.99 Å². The molecule has 19 heavy (non-hydrogen) atoms. The Morgan fingerprint density at radius 1 is 1.26 bits per heavy atom. The normalized spacial score (nSPS) is 16.7. The topological polar surface area (TPSA) is 51.6 Å². The molecule has 0 spiro atoms. The number of H-pyrrole nitrogens is 1. The molecule has 0 saturated heterocycles. The van der Waals surface area contributed by atoms with E-state index in [-0.39, 0.29) is 0 Å². The monoisotopic (exact) mass is 271 g/mol. The number of aliphatic imine (C=N–C) groups is 1. The van der Waals surface area contributed by atoms with E-state index in [0.717, 1.165) is 5.56 Å². The molecule has 2 aromatic rings. The second-order valence-corrected chi connectivity index (χ2v) is 4.49. The lowest BCUT2D eigenvalue weighted by Gasteiger charge is -2.22. The zero-order valence-corrected chi connectivity index (χ0v) is 10.6. The molecular weight excluding hydrogens is 262 g/mol. The van der Waals surface area contributed by atoms with Gasteiger partial charge in [0.15, 0.2) is 6.23 Å². The lowest BCUT2D eigenvalue weighted by molar-refractivity contribution is 0.0901. The van der Waals surface area contributed by atoms with Crippen LogP contribution in [0.2, 0.25) is 5.02 Å². The molecule has 4 nitrogen and oxygen atoms in total. The van der Waals surface area contributed by atoms with E-state index in [4.69, 9.17) is 11.6 Å². The van der Waals surface area contributed by atoms with Crippen molar-refractivity contribution in [2.45, 2.75) is 6.23 Å². The molecule has 1 aliphatic heterocycles. The molecule has 0 bridgehead atoms. The number of aliphatic hydroxyl groups is 1. The Balaban J connectivity index is 1.84. The molecule has 1 unspecified atom stereocenters. The zero-order valence-electron chi connectivity index (χ0n) is 9.84. The molecule has 2 heterocycles. The first-order valence-electron chi connectivity index (χ1n) is 5.69. The highest BCUT2D eigenvalue weighted by atomic mass is 35.5. The van der Waals surface area contributed by atoms with Crippen LogP contribution in [0.25, 0.3) is 0 Å². The highest BCUT2D eigenvalue weighted by Gasteiger charge is 2.21. The van der Waals surface area contributed by atoms with Crippen LogP contribution in [-0.4, -0.2) is 21.3 Å². The standard InChI is InChI=1S/C14H10ClN3O/c15-11-3-1-10(2-4-11)6-8-18-9-17-13-12(14(18)19)5-7-16-13/h1-5,7,9,14,16,19H. The van der Waals surface area contributed by atoms with E-state index < -0.39 is 6.23 Å². The highest BCUT2D eigenvalue weighted by Crippen LogP contribution is 2.29. The summed E-state index contributed by atoms with van der Waals surface area (Å²) in [6.07, 6.45) is 2.44. The van der Waals surface area contributed by atoms with E-state index >= 15 is 0 Å². The van der Waals surface area contributed by atoms with E-state index in [9.17, 15) is 5.11 Å². The number of rotatable bonds is 0. The number of aliphatic hydroxyl groups excluding tert-OH is 1. The fraction of sp³-hybridized carbons (Fsp3) is 0.0714. The Kier molecular flexibility index (Phi) is 3.00. The van der Waals surface area contributed by atoms with Gasteiger partial charge in [-0.3, -0.25) is 4.90 Å². The van der Waals surface area contributed by atoms with Gasteiger partial charge in [-0.25, -0.2) is 4.99 Å². The molecular formula is C14H10ClN3O. The van der Waals surface area contributed by atoms with Gasteiger partial charge < -0.3 is 10.1 Å². The molecule has 1 atom stereocenters. The highest BCUT2D eigenvalue weighted by molar-refractivity contribution is 6.30. The second-order valence-electron chi connectivity index (χ2n) is 4.05. The molecule has 94 valence electrons. The number of fused-ring (bicyclic) bond motifs is 1. The Hall–Kier alpha value is -2.22. The van der Waals surface area contributed by atoms with E-state index in [1.54, 1.807) is 24.4 Å². The number of aromatic nitrogens is 1. The zero-order chi connectivity index (χ0) is 13.2. The molecule has 2 N–H and O–H groups in total. The number of aromatic amines is 1. The van der Waals surface area contributed by atoms with Crippen molar-refractivity contribution in [3.8, 4) is 12.0 Å². The van der Waals surface area contributed by atoms with Crippen molar-refractivity contribution in [1.29, 1.82) is 0 Å². The first-order valence-corrected chi connectivity index (χ1v) is 6.07. The summed E-state index contributed by atoms with van der Waals surface area (Å²) in [6.45, 7) is 0. The van der Waals surface area contributed by atoms with Gasteiger partial charge >= 0.3 is 0 Å². The first-order chi connectivity index (χ1) is 9.24. The summed E-state index contributed by atoms with van der Waals surface area (Å²) in [4.78, 5) is 8.58. The van der Waals surface area contributed by atoms with Gasteiger partial charge in [0, 0.05) is 28.4 Å². The molecule has 5 heteroatoms. The van der Waals surface area contributed by atoms with Crippen LogP contribution in [0.4, 0.5) is 5.82 Å². The Morgan fingerprint density at radius 2 is 2.05 bits per heavy atom. The van der Waals surface area contributed by atoms with Gasteiger partial charge in [-0.2, -0.15) is 0 Å². The summed E-state index contributed by atoms with van der Waals surface area (Å²) in [6, 6.07) is 11.8. The molecule has 0 saturated carbocycles. The maximum absolute atomic E-state index is 10.1. The summed E-state index contributed by atoms with van der Waals surface area (Å²) in [5.41, 5.74) is 1.54.